The molecule has 1 aromatic carbocycles. The maximum Gasteiger partial charge on any atom is 0.323 e. The molecule has 2 N–H and O–H groups in total. The quantitative estimate of drug-likeness (QED) is 0.773. The Morgan fingerprint density at radius 3 is 2.32 bits per heavy atom. The van der Waals surface area contributed by atoms with E-state index >= 15 is 0 Å². The molecule has 0 saturated carbocycles. The number of aromatic hydroxyl groups is 1. The van der Waals surface area contributed by atoms with Crippen LogP contribution in [0.25, 0.3) is 0 Å². The Kier molecular flexibility index (Phi) is 5.83. The van der Waals surface area contributed by atoms with Gasteiger partial charge in [-0.15, -0.1) is 0 Å². The van der Waals surface area contributed by atoms with Crippen molar-refractivity contribution in [2.45, 2.75) is 39.3 Å². The van der Waals surface area contributed by atoms with E-state index in [9.17, 15) is 9.90 Å². The van der Waals surface area contributed by atoms with Crippen molar-refractivity contribution in [1.29, 1.82) is 0 Å². The molecule has 0 bridgehead atoms. The first-order valence-electron chi connectivity index (χ1n) is 6.55. The summed E-state index contributed by atoms with van der Waals surface area (Å²) < 4.78 is 4.81. The number of hydrogen-bond donors (Lipinski definition) is 2. The number of methoxy groups -OCH3 is 1. The van der Waals surface area contributed by atoms with Crippen LogP contribution in [0.1, 0.15) is 26.3 Å². The van der Waals surface area contributed by atoms with Crippen LogP contribution in [0.3, 0.4) is 0 Å². The van der Waals surface area contributed by atoms with Crippen molar-refractivity contribution in [1.82, 2.24) is 5.32 Å². The summed E-state index contributed by atoms with van der Waals surface area (Å²) in [7, 11) is 1.41. The molecular formula is C15H23NO3. The molecule has 1 aromatic rings. The van der Waals surface area contributed by atoms with Crippen molar-refractivity contribution in [3.8, 4) is 5.75 Å². The Morgan fingerprint density at radius 1 is 1.26 bits per heavy atom. The number of carbonyl (C=O) groups is 1. The van der Waals surface area contributed by atoms with E-state index in [0.29, 0.717) is 0 Å². The number of esters is 1. The standard InChI is InChI=1S/C15H23NO3/c1-10(2)14(15(18)19-4)16-11(3)9-12-5-7-13(17)8-6-12/h5-8,10-11,14,16-17H,9H2,1-4H3. The fourth-order valence-electron chi connectivity index (χ4n) is 2.01. The summed E-state index contributed by atoms with van der Waals surface area (Å²) in [5, 5.41) is 12.5. The van der Waals surface area contributed by atoms with Crippen LogP contribution in [-0.2, 0) is 16.0 Å². The third-order valence-electron chi connectivity index (χ3n) is 3.06. The van der Waals surface area contributed by atoms with Gasteiger partial charge in [0.2, 0.25) is 0 Å². The van der Waals surface area contributed by atoms with Crippen molar-refractivity contribution in [2.75, 3.05) is 7.11 Å². The van der Waals surface area contributed by atoms with E-state index < -0.39 is 0 Å². The number of benzene rings is 1. The highest BCUT2D eigenvalue weighted by Crippen LogP contribution is 2.12. The molecule has 106 valence electrons. The van der Waals surface area contributed by atoms with E-state index in [1.165, 1.54) is 7.11 Å². The fourth-order valence-corrected chi connectivity index (χ4v) is 2.01. The first-order valence-corrected chi connectivity index (χ1v) is 6.55. The number of hydrogen-bond acceptors (Lipinski definition) is 4. The fraction of sp³-hybridized carbons (Fsp3) is 0.533. The van der Waals surface area contributed by atoms with Crippen LogP contribution < -0.4 is 5.32 Å². The average molecular weight is 265 g/mol. The maximum absolute atomic E-state index is 11.7. The lowest BCUT2D eigenvalue weighted by atomic mass is 10.0. The number of phenols is 1. The Morgan fingerprint density at radius 2 is 1.84 bits per heavy atom. The van der Waals surface area contributed by atoms with Crippen LogP contribution in [0.4, 0.5) is 0 Å². The smallest absolute Gasteiger partial charge is 0.323 e. The third kappa shape index (κ3) is 4.91. The Labute approximate surface area is 114 Å². The number of carbonyl (C=O) groups excluding carboxylic acids is 1. The number of phenolic OH excluding ortho intramolecular Hbond substituents is 1. The lowest BCUT2D eigenvalue weighted by Crippen LogP contribution is -2.46. The summed E-state index contributed by atoms with van der Waals surface area (Å²) in [5.41, 5.74) is 1.12. The van der Waals surface area contributed by atoms with E-state index in [-0.39, 0.29) is 29.7 Å². The van der Waals surface area contributed by atoms with Crippen molar-refractivity contribution >= 4 is 5.97 Å². The minimum atomic E-state index is -0.294. The van der Waals surface area contributed by atoms with Gasteiger partial charge in [0, 0.05) is 6.04 Å². The van der Waals surface area contributed by atoms with E-state index in [4.69, 9.17) is 4.74 Å². The largest absolute Gasteiger partial charge is 0.508 e. The molecule has 4 heteroatoms. The predicted molar refractivity (Wildman–Crippen MR) is 75.1 cm³/mol. The maximum atomic E-state index is 11.7. The van der Waals surface area contributed by atoms with Crippen LogP contribution in [0.15, 0.2) is 24.3 Å². The predicted octanol–water partition coefficient (Wildman–Crippen LogP) is 2.11. The summed E-state index contributed by atoms with van der Waals surface area (Å²) in [6, 6.07) is 6.96. The molecule has 2 unspecified atom stereocenters. The van der Waals surface area contributed by atoms with Gasteiger partial charge in [0.25, 0.3) is 0 Å². The zero-order valence-electron chi connectivity index (χ0n) is 12.0. The molecular weight excluding hydrogens is 242 g/mol. The minimum absolute atomic E-state index is 0.149. The van der Waals surface area contributed by atoms with Crippen molar-refractivity contribution < 1.29 is 14.6 Å². The van der Waals surface area contributed by atoms with E-state index in [1.54, 1.807) is 12.1 Å². The van der Waals surface area contributed by atoms with Gasteiger partial charge >= 0.3 is 5.97 Å². The number of ether oxygens (including phenoxy) is 1. The van der Waals surface area contributed by atoms with Crippen LogP contribution >= 0.6 is 0 Å². The van der Waals surface area contributed by atoms with Crippen LogP contribution in [0.5, 0.6) is 5.75 Å². The molecule has 0 radical (unpaired) electrons. The number of rotatable bonds is 6. The summed E-state index contributed by atoms with van der Waals surface area (Å²) >= 11 is 0. The molecule has 0 spiro atoms. The minimum Gasteiger partial charge on any atom is -0.508 e. The van der Waals surface area contributed by atoms with Gasteiger partial charge in [-0.3, -0.25) is 4.79 Å². The average Bonchev–Trinajstić information content (AvgIpc) is 2.37. The monoisotopic (exact) mass is 265 g/mol. The van der Waals surface area contributed by atoms with Crippen LogP contribution in [0.2, 0.25) is 0 Å². The highest BCUT2D eigenvalue weighted by molar-refractivity contribution is 5.75. The molecule has 0 aliphatic rings. The van der Waals surface area contributed by atoms with Gasteiger partial charge < -0.3 is 15.2 Å². The summed E-state index contributed by atoms with van der Waals surface area (Å²) in [5.74, 6) is 0.209. The first-order chi connectivity index (χ1) is 8.93. The Hall–Kier alpha value is -1.55. The Bertz CT molecular complexity index is 400. The highest BCUT2D eigenvalue weighted by atomic mass is 16.5. The number of nitrogens with one attached hydrogen (secondary N) is 1. The third-order valence-corrected chi connectivity index (χ3v) is 3.06. The molecule has 2 atom stereocenters. The highest BCUT2D eigenvalue weighted by Gasteiger charge is 2.24. The normalized spacial score (nSPS) is 14.2. The second kappa shape index (κ2) is 7.14. The lowest BCUT2D eigenvalue weighted by molar-refractivity contribution is -0.144. The molecule has 19 heavy (non-hydrogen) atoms. The second-order valence-corrected chi connectivity index (χ2v) is 5.18. The molecule has 0 aliphatic heterocycles. The molecule has 0 saturated heterocycles. The van der Waals surface area contributed by atoms with Gasteiger partial charge in [-0.25, -0.2) is 0 Å². The zero-order chi connectivity index (χ0) is 14.4. The molecule has 0 heterocycles. The molecule has 0 amide bonds. The van der Waals surface area contributed by atoms with Crippen LogP contribution in [-0.4, -0.2) is 30.3 Å². The molecule has 4 nitrogen and oxygen atoms in total. The topological polar surface area (TPSA) is 58.6 Å². The SMILES string of the molecule is COC(=O)C(NC(C)Cc1ccc(O)cc1)C(C)C. The molecule has 0 aromatic heterocycles. The van der Waals surface area contributed by atoms with E-state index in [1.807, 2.05) is 32.9 Å². The van der Waals surface area contributed by atoms with Gasteiger partial charge in [0.1, 0.15) is 11.8 Å². The Balaban J connectivity index is 2.59. The van der Waals surface area contributed by atoms with Crippen molar-refractivity contribution in [3.63, 3.8) is 0 Å². The lowest BCUT2D eigenvalue weighted by Gasteiger charge is -2.24. The summed E-state index contributed by atoms with van der Waals surface area (Å²) in [6.45, 7) is 6.01. The van der Waals surface area contributed by atoms with Gasteiger partial charge in [-0.2, -0.15) is 0 Å². The van der Waals surface area contributed by atoms with Gasteiger partial charge in [0.05, 0.1) is 7.11 Å². The summed E-state index contributed by atoms with van der Waals surface area (Å²) in [6.07, 6.45) is 0.792. The van der Waals surface area contributed by atoms with E-state index in [0.717, 1.165) is 12.0 Å². The van der Waals surface area contributed by atoms with Crippen molar-refractivity contribution in [3.05, 3.63) is 29.8 Å². The van der Waals surface area contributed by atoms with Crippen LogP contribution in [0, 0.1) is 5.92 Å². The summed E-state index contributed by atoms with van der Waals surface area (Å²) in [4.78, 5) is 11.7. The van der Waals surface area contributed by atoms with Gasteiger partial charge in [0.15, 0.2) is 0 Å². The molecule has 0 fully saturated rings. The molecule has 1 rings (SSSR count). The first kappa shape index (κ1) is 15.5. The van der Waals surface area contributed by atoms with Crippen molar-refractivity contribution in [2.24, 2.45) is 5.92 Å². The second-order valence-electron chi connectivity index (χ2n) is 5.18. The van der Waals surface area contributed by atoms with Gasteiger partial charge in [-0.1, -0.05) is 26.0 Å². The molecule has 0 aliphatic carbocycles. The zero-order valence-corrected chi connectivity index (χ0v) is 12.0. The van der Waals surface area contributed by atoms with Gasteiger partial charge in [-0.05, 0) is 37.0 Å². The van der Waals surface area contributed by atoms with E-state index in [2.05, 4.69) is 5.32 Å².